The van der Waals surface area contributed by atoms with Crippen molar-refractivity contribution in [3.63, 3.8) is 0 Å². The van der Waals surface area contributed by atoms with Crippen molar-refractivity contribution < 1.29 is 9.53 Å². The molecule has 3 fully saturated rings. The minimum Gasteiger partial charge on any atom is -0.462 e. The molecular formula is C26H39NO2. The summed E-state index contributed by atoms with van der Waals surface area (Å²) in [4.78, 5) is 11.4. The molecule has 0 aromatic heterocycles. The summed E-state index contributed by atoms with van der Waals surface area (Å²) in [7, 11) is 0. The second-order valence-corrected chi connectivity index (χ2v) is 10.8. The van der Waals surface area contributed by atoms with Gasteiger partial charge < -0.3 is 10.1 Å². The van der Waals surface area contributed by atoms with Gasteiger partial charge in [-0.15, -0.1) is 6.42 Å². The summed E-state index contributed by atoms with van der Waals surface area (Å²) >= 11 is 0. The van der Waals surface area contributed by atoms with Crippen LogP contribution in [0.15, 0.2) is 11.6 Å². The van der Waals surface area contributed by atoms with Crippen LogP contribution in [0, 0.1) is 46.8 Å². The fraction of sp³-hybridized carbons (Fsp3) is 0.808. The summed E-state index contributed by atoms with van der Waals surface area (Å²) in [5.41, 5.74) is 2.34. The fourth-order valence-electron chi connectivity index (χ4n) is 8.19. The topological polar surface area (TPSA) is 38.3 Å². The first-order chi connectivity index (χ1) is 13.8. The van der Waals surface area contributed by atoms with E-state index in [0.717, 1.165) is 36.5 Å². The molecule has 1 N–H and O–H groups in total. The molecule has 29 heavy (non-hydrogen) atoms. The van der Waals surface area contributed by atoms with E-state index in [9.17, 15) is 4.79 Å². The molecule has 0 radical (unpaired) electrons. The standard InChI is InChI=1S/C26H39NO2/c1-6-15-27-17(2)22-9-10-23-21-8-7-19-16-20(29-18(3)28)11-13-25(19,4)24(21)12-14-26(22,23)5/h1,7,17,20-24,27H,8-16H2,2-5H3/t17-,20+,21+,22-,23+,24+,25+,26-/m1/s1. The first-order valence-electron chi connectivity index (χ1n) is 11.8. The molecule has 0 spiro atoms. The second kappa shape index (κ2) is 7.77. The van der Waals surface area contributed by atoms with E-state index in [-0.39, 0.29) is 12.1 Å². The van der Waals surface area contributed by atoms with Crippen LogP contribution in [0.3, 0.4) is 0 Å². The van der Waals surface area contributed by atoms with E-state index in [1.807, 2.05) is 0 Å². The third kappa shape index (κ3) is 3.46. The molecule has 0 aliphatic heterocycles. The summed E-state index contributed by atoms with van der Waals surface area (Å²) in [5, 5.41) is 3.59. The minimum absolute atomic E-state index is 0.0937. The molecule has 4 aliphatic carbocycles. The maximum atomic E-state index is 11.4. The maximum absolute atomic E-state index is 11.4. The SMILES string of the molecule is C#CCN[C@H](C)[C@H]1CC[C@H]2[C@@H]3CC=C4C[C@@H](OC(C)=O)CC[C@]4(C)[C@H]3CC[C@]12C. The van der Waals surface area contributed by atoms with Crippen LogP contribution in [0.2, 0.25) is 0 Å². The molecule has 0 bridgehead atoms. The van der Waals surface area contributed by atoms with Crippen molar-refractivity contribution in [2.45, 2.75) is 91.2 Å². The summed E-state index contributed by atoms with van der Waals surface area (Å²) in [6, 6.07) is 0.502. The summed E-state index contributed by atoms with van der Waals surface area (Å²) in [6.45, 7) is 9.66. The number of carbonyl (C=O) groups excluding carboxylic acids is 1. The molecule has 0 heterocycles. The molecular weight excluding hydrogens is 358 g/mol. The third-order valence-electron chi connectivity index (χ3n) is 9.59. The first-order valence-corrected chi connectivity index (χ1v) is 11.8. The van der Waals surface area contributed by atoms with Gasteiger partial charge in [0, 0.05) is 19.4 Å². The van der Waals surface area contributed by atoms with Crippen molar-refractivity contribution >= 4 is 5.97 Å². The first kappa shape index (κ1) is 21.0. The number of esters is 1. The van der Waals surface area contributed by atoms with Crippen molar-refractivity contribution in [1.82, 2.24) is 5.32 Å². The highest BCUT2D eigenvalue weighted by atomic mass is 16.5. The van der Waals surface area contributed by atoms with Gasteiger partial charge in [0.2, 0.25) is 0 Å². The number of hydrogen-bond acceptors (Lipinski definition) is 3. The van der Waals surface area contributed by atoms with Crippen LogP contribution in [0.4, 0.5) is 0 Å². The lowest BCUT2D eigenvalue weighted by molar-refractivity contribution is -0.148. The Kier molecular flexibility index (Phi) is 5.62. The van der Waals surface area contributed by atoms with Crippen LogP contribution in [0.1, 0.15) is 79.1 Å². The van der Waals surface area contributed by atoms with Crippen molar-refractivity contribution in [1.29, 1.82) is 0 Å². The summed E-state index contributed by atoms with van der Waals surface area (Å²) < 4.78 is 5.58. The van der Waals surface area contributed by atoms with Gasteiger partial charge in [-0.05, 0) is 86.4 Å². The zero-order chi connectivity index (χ0) is 20.8. The molecule has 8 atom stereocenters. The number of fused-ring (bicyclic) bond motifs is 5. The zero-order valence-electron chi connectivity index (χ0n) is 18.8. The van der Waals surface area contributed by atoms with Crippen molar-refractivity contribution in [3.8, 4) is 12.3 Å². The number of allylic oxidation sites excluding steroid dienone is 1. The van der Waals surface area contributed by atoms with Gasteiger partial charge >= 0.3 is 5.97 Å². The number of carbonyl (C=O) groups is 1. The monoisotopic (exact) mass is 397 g/mol. The van der Waals surface area contributed by atoms with Crippen LogP contribution in [-0.4, -0.2) is 24.7 Å². The second-order valence-electron chi connectivity index (χ2n) is 10.8. The Bertz CT molecular complexity index is 721. The quantitative estimate of drug-likeness (QED) is 0.407. The highest BCUT2D eigenvalue weighted by Crippen LogP contribution is 2.66. The lowest BCUT2D eigenvalue weighted by atomic mass is 9.47. The van der Waals surface area contributed by atoms with E-state index in [1.165, 1.54) is 45.4 Å². The molecule has 160 valence electrons. The van der Waals surface area contributed by atoms with E-state index in [4.69, 9.17) is 11.2 Å². The molecule has 0 unspecified atom stereocenters. The average Bonchev–Trinajstić information content (AvgIpc) is 3.03. The third-order valence-corrected chi connectivity index (χ3v) is 9.59. The molecule has 3 heteroatoms. The van der Waals surface area contributed by atoms with Gasteiger partial charge in [0.25, 0.3) is 0 Å². The van der Waals surface area contributed by atoms with Crippen LogP contribution in [0.5, 0.6) is 0 Å². The Morgan fingerprint density at radius 1 is 1.28 bits per heavy atom. The lowest BCUT2D eigenvalue weighted by Gasteiger charge is -2.58. The van der Waals surface area contributed by atoms with Crippen molar-refractivity contribution in [2.24, 2.45) is 34.5 Å². The van der Waals surface area contributed by atoms with E-state index >= 15 is 0 Å². The highest BCUT2D eigenvalue weighted by Gasteiger charge is 2.59. The summed E-state index contributed by atoms with van der Waals surface area (Å²) in [5.74, 6) is 5.81. The summed E-state index contributed by atoms with van der Waals surface area (Å²) in [6.07, 6.45) is 17.9. The van der Waals surface area contributed by atoms with Gasteiger partial charge in [0.15, 0.2) is 0 Å². The van der Waals surface area contributed by atoms with Crippen LogP contribution >= 0.6 is 0 Å². The maximum Gasteiger partial charge on any atom is 0.302 e. The highest BCUT2D eigenvalue weighted by molar-refractivity contribution is 5.66. The minimum atomic E-state index is -0.133. The number of terminal acetylenes is 1. The van der Waals surface area contributed by atoms with Crippen LogP contribution < -0.4 is 5.32 Å². The normalized spacial score (nSPS) is 44.5. The Hall–Kier alpha value is -1.27. The van der Waals surface area contributed by atoms with E-state index in [2.05, 4.69) is 38.1 Å². The van der Waals surface area contributed by atoms with E-state index in [0.29, 0.717) is 23.4 Å². The van der Waals surface area contributed by atoms with Crippen LogP contribution in [-0.2, 0) is 9.53 Å². The largest absolute Gasteiger partial charge is 0.462 e. The smallest absolute Gasteiger partial charge is 0.302 e. The number of rotatable bonds is 4. The number of nitrogens with one attached hydrogen (secondary N) is 1. The fourth-order valence-corrected chi connectivity index (χ4v) is 8.19. The van der Waals surface area contributed by atoms with Gasteiger partial charge in [-0.1, -0.05) is 31.4 Å². The molecule has 0 aromatic carbocycles. The average molecular weight is 398 g/mol. The van der Waals surface area contributed by atoms with Crippen molar-refractivity contribution in [2.75, 3.05) is 6.54 Å². The van der Waals surface area contributed by atoms with Gasteiger partial charge in [-0.3, -0.25) is 4.79 Å². The Morgan fingerprint density at radius 2 is 2.07 bits per heavy atom. The molecule has 3 saturated carbocycles. The van der Waals surface area contributed by atoms with Crippen LogP contribution in [0.25, 0.3) is 0 Å². The Labute approximate surface area is 177 Å². The van der Waals surface area contributed by atoms with Crippen molar-refractivity contribution in [3.05, 3.63) is 11.6 Å². The Balaban J connectivity index is 1.53. The zero-order valence-corrected chi connectivity index (χ0v) is 18.8. The van der Waals surface area contributed by atoms with E-state index in [1.54, 1.807) is 5.57 Å². The molecule has 0 amide bonds. The van der Waals surface area contributed by atoms with Gasteiger partial charge in [-0.25, -0.2) is 0 Å². The molecule has 4 aliphatic rings. The van der Waals surface area contributed by atoms with Gasteiger partial charge in [0.1, 0.15) is 6.10 Å². The number of hydrogen-bond donors (Lipinski definition) is 1. The predicted octanol–water partition coefficient (Wildman–Crippen LogP) is 5.11. The predicted molar refractivity (Wildman–Crippen MR) is 117 cm³/mol. The molecule has 0 saturated heterocycles. The lowest BCUT2D eigenvalue weighted by Crippen LogP contribution is -2.52. The Morgan fingerprint density at radius 3 is 2.79 bits per heavy atom. The molecule has 3 nitrogen and oxygen atoms in total. The van der Waals surface area contributed by atoms with Gasteiger partial charge in [0.05, 0.1) is 6.54 Å². The van der Waals surface area contributed by atoms with E-state index < -0.39 is 0 Å². The molecule has 0 aromatic rings. The number of ether oxygens (including phenoxy) is 1. The molecule has 4 rings (SSSR count). The van der Waals surface area contributed by atoms with Gasteiger partial charge in [-0.2, -0.15) is 0 Å².